The molecule has 0 bridgehead atoms. The third-order valence-corrected chi connectivity index (χ3v) is 4.90. The summed E-state index contributed by atoms with van der Waals surface area (Å²) in [5, 5.41) is 7.17. The van der Waals surface area contributed by atoms with Crippen molar-refractivity contribution in [3.8, 4) is 11.1 Å². The fraction of sp³-hybridized carbons (Fsp3) is 0.238. The Kier molecular flexibility index (Phi) is 5.33. The lowest BCUT2D eigenvalue weighted by Gasteiger charge is -2.16. The monoisotopic (exact) mass is 393 g/mol. The number of aromatic nitrogens is 3. The second-order valence-corrected chi connectivity index (χ2v) is 6.90. The number of benzene rings is 1. The molecular weight excluding hydrogens is 373 g/mol. The van der Waals surface area contributed by atoms with Crippen LogP contribution in [-0.4, -0.2) is 39.7 Å². The van der Waals surface area contributed by atoms with Crippen molar-refractivity contribution in [3.05, 3.63) is 67.0 Å². The summed E-state index contributed by atoms with van der Waals surface area (Å²) < 4.78 is 15.2. The van der Waals surface area contributed by atoms with Gasteiger partial charge in [-0.1, -0.05) is 6.07 Å². The van der Waals surface area contributed by atoms with Gasteiger partial charge in [-0.15, -0.1) is 0 Å². The maximum atomic E-state index is 13.4. The highest BCUT2D eigenvalue weighted by atomic mass is 19.1. The highest BCUT2D eigenvalue weighted by molar-refractivity contribution is 6.00. The molecule has 0 radical (unpaired) electrons. The maximum Gasteiger partial charge on any atom is 0.227 e. The van der Waals surface area contributed by atoms with Crippen molar-refractivity contribution in [2.45, 2.75) is 13.0 Å². The molecule has 8 heteroatoms. The van der Waals surface area contributed by atoms with Gasteiger partial charge in [0.05, 0.1) is 18.7 Å². The van der Waals surface area contributed by atoms with E-state index in [4.69, 9.17) is 0 Å². The summed E-state index contributed by atoms with van der Waals surface area (Å²) >= 11 is 0. The number of hydrogen-bond donors (Lipinski definition) is 1. The zero-order chi connectivity index (χ0) is 20.2. The van der Waals surface area contributed by atoms with Gasteiger partial charge in [0.25, 0.3) is 0 Å². The minimum absolute atomic E-state index is 0.121. The normalized spacial score (nSPS) is 16.2. The average Bonchev–Trinajstić information content (AvgIpc) is 3.35. The summed E-state index contributed by atoms with van der Waals surface area (Å²) in [6.45, 7) is 1.17. The predicted molar refractivity (Wildman–Crippen MR) is 105 cm³/mol. The van der Waals surface area contributed by atoms with Crippen LogP contribution in [0.5, 0.6) is 0 Å². The largest absolute Gasteiger partial charge is 0.354 e. The zero-order valence-corrected chi connectivity index (χ0v) is 15.7. The summed E-state index contributed by atoms with van der Waals surface area (Å²) in [4.78, 5) is 30.1. The Hall–Kier alpha value is -3.55. The number of anilines is 1. The topological polar surface area (TPSA) is 80.1 Å². The van der Waals surface area contributed by atoms with E-state index in [1.54, 1.807) is 35.4 Å². The van der Waals surface area contributed by atoms with E-state index in [0.29, 0.717) is 18.8 Å². The molecule has 3 heterocycles. The molecule has 0 aliphatic carbocycles. The minimum Gasteiger partial charge on any atom is -0.354 e. The van der Waals surface area contributed by atoms with Gasteiger partial charge in [0.2, 0.25) is 11.8 Å². The average molecular weight is 393 g/mol. The first-order valence-electron chi connectivity index (χ1n) is 9.36. The molecule has 148 valence electrons. The van der Waals surface area contributed by atoms with Crippen molar-refractivity contribution in [1.29, 1.82) is 0 Å². The standard InChI is InChI=1S/C21H20FN5O2/c22-18-2-1-3-19(11-18)27-14-16(10-20(27)28)21(29)24-8-9-26-13-17(12-25-26)15-4-6-23-7-5-15/h1-7,11-13,16H,8-10,14H2,(H,24,29)/t16-/m0/s1. The second-order valence-electron chi connectivity index (χ2n) is 6.90. The van der Waals surface area contributed by atoms with Crippen LogP contribution in [0, 0.1) is 11.7 Å². The number of carbonyl (C=O) groups is 2. The molecule has 4 rings (SSSR count). The van der Waals surface area contributed by atoms with E-state index < -0.39 is 11.7 Å². The molecule has 2 amide bonds. The lowest BCUT2D eigenvalue weighted by Crippen LogP contribution is -2.34. The predicted octanol–water partition coefficient (Wildman–Crippen LogP) is 2.25. The van der Waals surface area contributed by atoms with E-state index in [0.717, 1.165) is 11.1 Å². The highest BCUT2D eigenvalue weighted by Gasteiger charge is 2.35. The molecule has 7 nitrogen and oxygen atoms in total. The van der Waals surface area contributed by atoms with E-state index in [9.17, 15) is 14.0 Å². The quantitative estimate of drug-likeness (QED) is 0.697. The number of nitrogens with one attached hydrogen (secondary N) is 1. The van der Waals surface area contributed by atoms with E-state index in [2.05, 4.69) is 15.4 Å². The summed E-state index contributed by atoms with van der Waals surface area (Å²) in [5.74, 6) is -1.21. The van der Waals surface area contributed by atoms with Crippen molar-refractivity contribution in [3.63, 3.8) is 0 Å². The SMILES string of the molecule is O=C(NCCn1cc(-c2ccncc2)cn1)[C@H]1CC(=O)N(c2cccc(F)c2)C1. The Bertz CT molecular complexity index is 1020. The van der Waals surface area contributed by atoms with Crippen LogP contribution in [0.1, 0.15) is 6.42 Å². The first kappa shape index (κ1) is 18.8. The lowest BCUT2D eigenvalue weighted by molar-refractivity contribution is -0.126. The molecule has 1 saturated heterocycles. The lowest BCUT2D eigenvalue weighted by atomic mass is 10.1. The third kappa shape index (κ3) is 4.31. The van der Waals surface area contributed by atoms with Crippen molar-refractivity contribution < 1.29 is 14.0 Å². The molecule has 1 aliphatic rings. The van der Waals surface area contributed by atoms with Crippen LogP contribution in [0.3, 0.4) is 0 Å². The van der Waals surface area contributed by atoms with Crippen LogP contribution in [-0.2, 0) is 16.1 Å². The Balaban J connectivity index is 1.29. The smallest absolute Gasteiger partial charge is 0.227 e. The molecule has 1 aliphatic heterocycles. The Labute approximate surface area is 167 Å². The molecule has 2 aromatic heterocycles. The van der Waals surface area contributed by atoms with Crippen LogP contribution in [0.15, 0.2) is 61.2 Å². The van der Waals surface area contributed by atoms with Gasteiger partial charge in [-0.05, 0) is 35.9 Å². The Morgan fingerprint density at radius 1 is 1.21 bits per heavy atom. The number of carbonyl (C=O) groups excluding carboxylic acids is 2. The molecule has 1 atom stereocenters. The number of amides is 2. The van der Waals surface area contributed by atoms with Gasteiger partial charge in [-0.25, -0.2) is 4.39 Å². The van der Waals surface area contributed by atoms with Crippen LogP contribution in [0.2, 0.25) is 0 Å². The van der Waals surface area contributed by atoms with Gasteiger partial charge in [-0.3, -0.25) is 19.3 Å². The summed E-state index contributed by atoms with van der Waals surface area (Å²) in [5.41, 5.74) is 2.48. The van der Waals surface area contributed by atoms with E-state index in [1.807, 2.05) is 18.3 Å². The second kappa shape index (κ2) is 8.22. The van der Waals surface area contributed by atoms with Gasteiger partial charge < -0.3 is 10.2 Å². The molecule has 1 fully saturated rings. The summed E-state index contributed by atoms with van der Waals surface area (Å²) in [7, 11) is 0. The molecule has 29 heavy (non-hydrogen) atoms. The van der Waals surface area contributed by atoms with Gasteiger partial charge in [-0.2, -0.15) is 5.10 Å². The van der Waals surface area contributed by atoms with Crippen LogP contribution >= 0.6 is 0 Å². The molecule has 0 saturated carbocycles. The van der Waals surface area contributed by atoms with Crippen molar-refractivity contribution in [1.82, 2.24) is 20.1 Å². The molecule has 1 aromatic carbocycles. The minimum atomic E-state index is -0.448. The molecule has 3 aromatic rings. The fourth-order valence-corrected chi connectivity index (χ4v) is 3.39. The molecular formula is C21H20FN5O2. The van der Waals surface area contributed by atoms with Gasteiger partial charge in [0.1, 0.15) is 5.82 Å². The maximum absolute atomic E-state index is 13.4. The Morgan fingerprint density at radius 3 is 2.83 bits per heavy atom. The van der Waals surface area contributed by atoms with E-state index >= 15 is 0 Å². The number of halogens is 1. The fourth-order valence-electron chi connectivity index (χ4n) is 3.39. The first-order valence-corrected chi connectivity index (χ1v) is 9.36. The Morgan fingerprint density at radius 2 is 2.03 bits per heavy atom. The van der Waals surface area contributed by atoms with Crippen molar-refractivity contribution >= 4 is 17.5 Å². The van der Waals surface area contributed by atoms with Crippen molar-refractivity contribution in [2.75, 3.05) is 18.0 Å². The number of rotatable bonds is 6. The number of nitrogens with zero attached hydrogens (tertiary/aromatic N) is 4. The molecule has 1 N–H and O–H groups in total. The van der Waals surface area contributed by atoms with E-state index in [-0.39, 0.29) is 24.8 Å². The summed E-state index contributed by atoms with van der Waals surface area (Å²) in [6.07, 6.45) is 7.25. The number of pyridine rings is 1. The third-order valence-electron chi connectivity index (χ3n) is 4.90. The molecule has 0 spiro atoms. The van der Waals surface area contributed by atoms with Crippen molar-refractivity contribution in [2.24, 2.45) is 5.92 Å². The van der Waals surface area contributed by atoms with Crippen LogP contribution in [0.4, 0.5) is 10.1 Å². The van der Waals surface area contributed by atoms with Crippen LogP contribution < -0.4 is 10.2 Å². The van der Waals surface area contributed by atoms with Gasteiger partial charge >= 0.3 is 0 Å². The van der Waals surface area contributed by atoms with Gasteiger partial charge in [0, 0.05) is 49.4 Å². The number of hydrogen-bond acceptors (Lipinski definition) is 4. The molecule has 0 unspecified atom stereocenters. The zero-order valence-electron chi connectivity index (χ0n) is 15.7. The van der Waals surface area contributed by atoms with Crippen LogP contribution in [0.25, 0.3) is 11.1 Å². The summed E-state index contributed by atoms with van der Waals surface area (Å²) in [6, 6.07) is 9.66. The highest BCUT2D eigenvalue weighted by Crippen LogP contribution is 2.25. The van der Waals surface area contributed by atoms with Gasteiger partial charge in [0.15, 0.2) is 0 Å². The first-order chi connectivity index (χ1) is 14.1. The van der Waals surface area contributed by atoms with E-state index in [1.165, 1.54) is 17.0 Å².